The second-order valence-corrected chi connectivity index (χ2v) is 8.67. The molecule has 7 heteroatoms. The molecule has 0 saturated carbocycles. The number of benzene rings is 3. The number of nitrogens with zero attached hydrogens (tertiary/aromatic N) is 1. The van der Waals surface area contributed by atoms with Crippen LogP contribution in [0, 0.1) is 0 Å². The summed E-state index contributed by atoms with van der Waals surface area (Å²) in [4.78, 5) is 27.2. The second-order valence-electron chi connectivity index (χ2n) is 8.67. The van der Waals surface area contributed by atoms with E-state index in [9.17, 15) is 19.8 Å². The number of aromatic hydroxyl groups is 1. The van der Waals surface area contributed by atoms with Crippen LogP contribution in [0.3, 0.4) is 0 Å². The third-order valence-electron chi connectivity index (χ3n) is 6.19. The third kappa shape index (κ3) is 6.39. The number of carboxylic acid groups (broad SMARTS) is 1. The Balaban J connectivity index is 1.48. The number of carboxylic acids is 1. The van der Waals surface area contributed by atoms with E-state index in [1.807, 2.05) is 30.3 Å². The molecule has 1 aliphatic rings. The number of carbonyl (C=O) groups excluding carboxylic acids is 1. The molecule has 0 aliphatic carbocycles. The number of carbonyl (C=O) groups is 2. The molecular formula is C28H30N2O5. The first-order chi connectivity index (χ1) is 17.0. The Morgan fingerprint density at radius 2 is 1.60 bits per heavy atom. The number of aromatic carboxylic acids is 1. The quantitative estimate of drug-likeness (QED) is 0.412. The molecule has 35 heavy (non-hydrogen) atoms. The average Bonchev–Trinajstić information content (AvgIpc) is 3.14. The lowest BCUT2D eigenvalue weighted by Gasteiger charge is -2.20. The van der Waals surface area contributed by atoms with E-state index in [4.69, 9.17) is 4.74 Å². The molecule has 0 spiro atoms. The Morgan fingerprint density at radius 3 is 2.31 bits per heavy atom. The van der Waals surface area contributed by atoms with Crippen LogP contribution in [0.15, 0.2) is 66.7 Å². The summed E-state index contributed by atoms with van der Waals surface area (Å²) < 4.78 is 5.86. The van der Waals surface area contributed by atoms with Gasteiger partial charge in [-0.2, -0.15) is 0 Å². The Morgan fingerprint density at radius 1 is 0.857 bits per heavy atom. The molecule has 0 atom stereocenters. The number of hydrogen-bond acceptors (Lipinski definition) is 5. The van der Waals surface area contributed by atoms with E-state index in [1.54, 1.807) is 18.2 Å². The van der Waals surface area contributed by atoms with E-state index < -0.39 is 11.9 Å². The van der Waals surface area contributed by atoms with Gasteiger partial charge >= 0.3 is 5.97 Å². The van der Waals surface area contributed by atoms with Gasteiger partial charge < -0.3 is 20.3 Å². The lowest BCUT2D eigenvalue weighted by molar-refractivity contribution is 0.0698. The van der Waals surface area contributed by atoms with Crippen LogP contribution in [0.1, 0.15) is 46.4 Å². The van der Waals surface area contributed by atoms with Gasteiger partial charge in [0.15, 0.2) is 0 Å². The summed E-state index contributed by atoms with van der Waals surface area (Å²) in [7, 11) is 0. The van der Waals surface area contributed by atoms with E-state index in [-0.39, 0.29) is 22.6 Å². The number of nitrogens with one attached hydrogen (secondary N) is 1. The van der Waals surface area contributed by atoms with Crippen molar-refractivity contribution in [3.8, 4) is 22.6 Å². The normalized spacial score (nSPS) is 14.2. The maximum atomic E-state index is 13.0. The van der Waals surface area contributed by atoms with Crippen molar-refractivity contribution < 1.29 is 24.5 Å². The summed E-state index contributed by atoms with van der Waals surface area (Å²) in [5, 5.41) is 22.6. The molecule has 1 amide bonds. The van der Waals surface area contributed by atoms with Crippen LogP contribution in [0.5, 0.6) is 11.5 Å². The molecule has 3 aromatic rings. The van der Waals surface area contributed by atoms with Crippen molar-refractivity contribution in [2.24, 2.45) is 0 Å². The molecule has 1 saturated heterocycles. The Bertz CT molecular complexity index is 1170. The fourth-order valence-corrected chi connectivity index (χ4v) is 4.27. The SMILES string of the molecule is O=C(Nc1cc(-c2ccccc2)ccc1C(=O)O)c1cc(OCCN2CCCCCC2)ccc1O. The van der Waals surface area contributed by atoms with E-state index in [0.717, 1.165) is 30.8 Å². The largest absolute Gasteiger partial charge is 0.507 e. The number of hydrogen-bond donors (Lipinski definition) is 3. The number of rotatable bonds is 8. The first-order valence-corrected chi connectivity index (χ1v) is 11.9. The Kier molecular flexibility index (Phi) is 8.00. The molecule has 3 aromatic carbocycles. The van der Waals surface area contributed by atoms with E-state index in [0.29, 0.717) is 12.4 Å². The predicted molar refractivity (Wildman–Crippen MR) is 135 cm³/mol. The number of phenols is 1. The van der Waals surface area contributed by atoms with Gasteiger partial charge in [-0.1, -0.05) is 49.2 Å². The van der Waals surface area contributed by atoms with Crippen LogP contribution in [-0.4, -0.2) is 53.2 Å². The third-order valence-corrected chi connectivity index (χ3v) is 6.19. The lowest BCUT2D eigenvalue weighted by Crippen LogP contribution is -2.29. The minimum absolute atomic E-state index is 0.0127. The highest BCUT2D eigenvalue weighted by Gasteiger charge is 2.18. The first-order valence-electron chi connectivity index (χ1n) is 11.9. The number of anilines is 1. The molecule has 7 nitrogen and oxygen atoms in total. The lowest BCUT2D eigenvalue weighted by atomic mass is 10.0. The van der Waals surface area contributed by atoms with Gasteiger partial charge in [-0.3, -0.25) is 9.69 Å². The van der Waals surface area contributed by atoms with Gasteiger partial charge in [0.2, 0.25) is 0 Å². The van der Waals surface area contributed by atoms with Gasteiger partial charge in [-0.25, -0.2) is 4.79 Å². The highest BCUT2D eigenvalue weighted by molar-refractivity contribution is 6.09. The molecular weight excluding hydrogens is 444 g/mol. The molecule has 3 N–H and O–H groups in total. The van der Waals surface area contributed by atoms with Gasteiger partial charge in [-0.15, -0.1) is 0 Å². The van der Waals surface area contributed by atoms with Crippen LogP contribution in [0.4, 0.5) is 5.69 Å². The summed E-state index contributed by atoms with van der Waals surface area (Å²) in [6.45, 7) is 3.42. The summed E-state index contributed by atoms with van der Waals surface area (Å²) in [5.41, 5.74) is 1.78. The van der Waals surface area contributed by atoms with Crippen LogP contribution in [0.2, 0.25) is 0 Å². The van der Waals surface area contributed by atoms with Crippen molar-refractivity contribution >= 4 is 17.6 Å². The van der Waals surface area contributed by atoms with Gasteiger partial charge in [-0.05, 0) is 67.4 Å². The summed E-state index contributed by atoms with van der Waals surface area (Å²) in [6, 6.07) is 18.8. The van der Waals surface area contributed by atoms with Gasteiger partial charge in [0, 0.05) is 6.54 Å². The number of phenolic OH excluding ortho intramolecular Hbond substituents is 1. The van der Waals surface area contributed by atoms with Crippen molar-refractivity contribution in [2.75, 3.05) is 31.6 Å². The van der Waals surface area contributed by atoms with Gasteiger partial charge in [0.1, 0.15) is 18.1 Å². The molecule has 0 unspecified atom stereocenters. The highest BCUT2D eigenvalue weighted by Crippen LogP contribution is 2.28. The molecule has 1 fully saturated rings. The fourth-order valence-electron chi connectivity index (χ4n) is 4.27. The summed E-state index contributed by atoms with van der Waals surface area (Å²) in [6.07, 6.45) is 4.94. The van der Waals surface area contributed by atoms with Crippen LogP contribution < -0.4 is 10.1 Å². The Labute approximate surface area is 205 Å². The standard InChI is InChI=1S/C28H30N2O5/c31-26-13-11-22(35-17-16-30-14-6-1-2-7-15-30)19-24(26)27(32)29-25-18-21(10-12-23(25)28(33)34)20-8-4-3-5-9-20/h3-5,8-13,18-19,31H,1-2,6-7,14-17H2,(H,29,32)(H,33,34). The van der Waals surface area contributed by atoms with Crippen LogP contribution in [0.25, 0.3) is 11.1 Å². The first kappa shape index (κ1) is 24.3. The van der Waals surface area contributed by atoms with Crippen LogP contribution in [-0.2, 0) is 0 Å². The minimum atomic E-state index is -1.16. The van der Waals surface area contributed by atoms with Crippen molar-refractivity contribution in [3.63, 3.8) is 0 Å². The molecule has 1 aliphatic heterocycles. The van der Waals surface area contributed by atoms with Gasteiger partial charge in [0.25, 0.3) is 5.91 Å². The average molecular weight is 475 g/mol. The zero-order chi connectivity index (χ0) is 24.6. The van der Waals surface area contributed by atoms with Crippen molar-refractivity contribution in [1.29, 1.82) is 0 Å². The number of likely N-dealkylation sites (tertiary alicyclic amines) is 1. The topological polar surface area (TPSA) is 99.1 Å². The highest BCUT2D eigenvalue weighted by atomic mass is 16.5. The maximum Gasteiger partial charge on any atom is 0.337 e. The number of amides is 1. The second kappa shape index (κ2) is 11.5. The van der Waals surface area contributed by atoms with E-state index in [1.165, 1.54) is 43.9 Å². The summed E-state index contributed by atoms with van der Waals surface area (Å²) >= 11 is 0. The fraction of sp³-hybridized carbons (Fsp3) is 0.286. The van der Waals surface area contributed by atoms with E-state index >= 15 is 0 Å². The Hall–Kier alpha value is -3.84. The minimum Gasteiger partial charge on any atom is -0.507 e. The van der Waals surface area contributed by atoms with Crippen molar-refractivity contribution in [1.82, 2.24) is 4.90 Å². The smallest absolute Gasteiger partial charge is 0.337 e. The van der Waals surface area contributed by atoms with Crippen molar-refractivity contribution in [3.05, 3.63) is 77.9 Å². The molecule has 0 radical (unpaired) electrons. The molecule has 0 aromatic heterocycles. The zero-order valence-corrected chi connectivity index (χ0v) is 19.6. The molecule has 182 valence electrons. The monoisotopic (exact) mass is 474 g/mol. The maximum absolute atomic E-state index is 13.0. The predicted octanol–water partition coefficient (Wildman–Crippen LogP) is 5.26. The van der Waals surface area contributed by atoms with Gasteiger partial charge in [0.05, 0.1) is 16.8 Å². The number of ether oxygens (including phenoxy) is 1. The zero-order valence-electron chi connectivity index (χ0n) is 19.6. The van der Waals surface area contributed by atoms with E-state index in [2.05, 4.69) is 10.2 Å². The summed E-state index contributed by atoms with van der Waals surface area (Å²) in [5.74, 6) is -1.51. The molecule has 0 bridgehead atoms. The molecule has 4 rings (SSSR count). The van der Waals surface area contributed by atoms with Crippen LogP contribution >= 0.6 is 0 Å². The van der Waals surface area contributed by atoms with Crippen molar-refractivity contribution in [2.45, 2.75) is 25.7 Å². The molecule has 1 heterocycles.